The van der Waals surface area contributed by atoms with E-state index < -0.39 is 15.6 Å². The van der Waals surface area contributed by atoms with E-state index in [9.17, 15) is 8.42 Å². The molecule has 0 amide bonds. The molecule has 2 rings (SSSR count). The average molecular weight is 297 g/mol. The van der Waals surface area contributed by atoms with Crippen molar-refractivity contribution in [2.24, 2.45) is 0 Å². The smallest absolute Gasteiger partial charge is 0.243 e. The maximum atomic E-state index is 12.8. The van der Waals surface area contributed by atoms with Crippen molar-refractivity contribution >= 4 is 10.0 Å². The zero-order valence-corrected chi connectivity index (χ0v) is 13.4. The lowest BCUT2D eigenvalue weighted by atomic mass is 10.1. The van der Waals surface area contributed by atoms with Gasteiger partial charge in [0.1, 0.15) is 0 Å². The van der Waals surface area contributed by atoms with E-state index in [0.717, 1.165) is 12.0 Å². The van der Waals surface area contributed by atoms with E-state index in [1.165, 1.54) is 0 Å². The molecular weight excluding hydrogens is 274 g/mol. The van der Waals surface area contributed by atoms with E-state index in [-0.39, 0.29) is 6.10 Å². The summed E-state index contributed by atoms with van der Waals surface area (Å²) in [6.45, 7) is 8.56. The van der Waals surface area contributed by atoms with Crippen LogP contribution in [0.1, 0.15) is 33.3 Å². The third kappa shape index (κ3) is 2.90. The summed E-state index contributed by atoms with van der Waals surface area (Å²) in [5.41, 5.74) is 0.618. The Morgan fingerprint density at radius 3 is 2.45 bits per heavy atom. The Labute approximate surface area is 121 Å². The molecule has 0 bridgehead atoms. The van der Waals surface area contributed by atoms with Crippen LogP contribution in [0.25, 0.3) is 0 Å². The molecule has 0 spiro atoms. The van der Waals surface area contributed by atoms with E-state index in [1.807, 2.05) is 32.9 Å². The summed E-state index contributed by atoms with van der Waals surface area (Å²) in [6, 6.07) is 7.16. The van der Waals surface area contributed by atoms with Crippen molar-refractivity contribution in [3.63, 3.8) is 0 Å². The molecule has 0 aliphatic carbocycles. The maximum absolute atomic E-state index is 12.8. The number of benzene rings is 1. The van der Waals surface area contributed by atoms with Gasteiger partial charge in [-0.3, -0.25) is 0 Å². The van der Waals surface area contributed by atoms with Crippen LogP contribution in [0.4, 0.5) is 0 Å². The summed E-state index contributed by atoms with van der Waals surface area (Å²) >= 11 is 0. The van der Waals surface area contributed by atoms with E-state index in [4.69, 9.17) is 4.74 Å². The number of aryl methyl sites for hydroxylation is 1. The predicted molar refractivity (Wildman–Crippen MR) is 79.2 cm³/mol. The first-order valence-corrected chi connectivity index (χ1v) is 8.45. The van der Waals surface area contributed by atoms with Gasteiger partial charge < -0.3 is 4.74 Å². The molecule has 0 radical (unpaired) electrons. The molecule has 1 saturated heterocycles. The highest BCUT2D eigenvalue weighted by molar-refractivity contribution is 7.89. The van der Waals surface area contributed by atoms with Gasteiger partial charge in [-0.15, -0.1) is 0 Å². The summed E-state index contributed by atoms with van der Waals surface area (Å²) in [5, 5.41) is 0. The van der Waals surface area contributed by atoms with E-state index in [2.05, 4.69) is 6.92 Å². The van der Waals surface area contributed by atoms with Crippen LogP contribution in [0.2, 0.25) is 0 Å². The fraction of sp³-hybridized carbons (Fsp3) is 0.600. The molecule has 1 aliphatic heterocycles. The van der Waals surface area contributed by atoms with Crippen molar-refractivity contribution in [2.75, 3.05) is 13.2 Å². The van der Waals surface area contributed by atoms with Crippen molar-refractivity contribution in [1.82, 2.24) is 4.31 Å². The summed E-state index contributed by atoms with van der Waals surface area (Å²) in [4.78, 5) is 0.358. The lowest BCUT2D eigenvalue weighted by molar-refractivity contribution is -0.0551. The van der Waals surface area contributed by atoms with Crippen molar-refractivity contribution < 1.29 is 13.2 Å². The highest BCUT2D eigenvalue weighted by atomic mass is 32.2. The fourth-order valence-corrected chi connectivity index (χ4v) is 4.24. The number of sulfonamides is 1. The molecule has 1 fully saturated rings. The molecule has 1 unspecified atom stereocenters. The zero-order chi connectivity index (χ0) is 15.0. The molecule has 5 heteroatoms. The summed E-state index contributed by atoms with van der Waals surface area (Å²) < 4.78 is 32.8. The van der Waals surface area contributed by atoms with Gasteiger partial charge in [0, 0.05) is 6.54 Å². The summed E-state index contributed by atoms with van der Waals surface area (Å²) in [6.07, 6.45) is 0.827. The third-order valence-corrected chi connectivity index (χ3v) is 5.83. The van der Waals surface area contributed by atoms with Crippen molar-refractivity contribution in [3.8, 4) is 0 Å². The second-order valence-corrected chi connectivity index (χ2v) is 7.83. The minimum absolute atomic E-state index is 0.0762. The van der Waals surface area contributed by atoms with Gasteiger partial charge >= 0.3 is 0 Å². The second kappa shape index (κ2) is 5.47. The third-order valence-electron chi connectivity index (χ3n) is 3.74. The first-order valence-electron chi connectivity index (χ1n) is 7.01. The Kier molecular flexibility index (Phi) is 4.23. The number of hydrogen-bond acceptors (Lipinski definition) is 3. The van der Waals surface area contributed by atoms with Gasteiger partial charge in [-0.25, -0.2) is 8.42 Å². The Balaban J connectivity index is 2.37. The second-order valence-electron chi connectivity index (χ2n) is 5.97. The van der Waals surface area contributed by atoms with Gasteiger partial charge in [0.25, 0.3) is 0 Å². The molecule has 0 aromatic heterocycles. The first-order chi connectivity index (χ1) is 9.27. The number of rotatable bonds is 3. The van der Waals surface area contributed by atoms with Crippen LogP contribution in [-0.2, 0) is 21.2 Å². The van der Waals surface area contributed by atoms with Crippen molar-refractivity contribution in [1.29, 1.82) is 0 Å². The first kappa shape index (κ1) is 15.5. The monoisotopic (exact) mass is 297 g/mol. The van der Waals surface area contributed by atoms with Gasteiger partial charge in [-0.1, -0.05) is 19.1 Å². The molecule has 112 valence electrons. The van der Waals surface area contributed by atoms with Crippen LogP contribution in [-0.4, -0.2) is 37.5 Å². The molecule has 0 N–H and O–H groups in total. The fourth-order valence-electron chi connectivity index (χ4n) is 2.40. The summed E-state index contributed by atoms with van der Waals surface area (Å²) in [5.74, 6) is 0. The highest BCUT2D eigenvalue weighted by Gasteiger charge is 2.41. The van der Waals surface area contributed by atoms with Gasteiger partial charge in [-0.2, -0.15) is 4.31 Å². The Bertz CT molecular complexity index is 563. The molecule has 20 heavy (non-hydrogen) atoms. The van der Waals surface area contributed by atoms with Gasteiger partial charge in [-0.05, 0) is 44.9 Å². The number of ether oxygens (including phenoxy) is 1. The zero-order valence-electron chi connectivity index (χ0n) is 12.6. The number of morpholine rings is 1. The molecule has 1 atom stereocenters. The highest BCUT2D eigenvalue weighted by Crippen LogP contribution is 2.29. The van der Waals surface area contributed by atoms with Crippen LogP contribution in [0, 0.1) is 0 Å². The molecule has 1 aliphatic rings. The molecule has 4 nitrogen and oxygen atoms in total. The minimum atomic E-state index is -3.47. The minimum Gasteiger partial charge on any atom is -0.375 e. The van der Waals surface area contributed by atoms with Gasteiger partial charge in [0.15, 0.2) is 0 Å². The Hall–Kier alpha value is -0.910. The van der Waals surface area contributed by atoms with Gasteiger partial charge in [0.2, 0.25) is 10.0 Å². The topological polar surface area (TPSA) is 46.6 Å². The molecule has 1 aromatic carbocycles. The number of nitrogens with zero attached hydrogens (tertiary/aromatic N) is 1. The van der Waals surface area contributed by atoms with Crippen LogP contribution in [0.5, 0.6) is 0 Å². The summed E-state index contributed by atoms with van der Waals surface area (Å²) in [7, 11) is -3.47. The van der Waals surface area contributed by atoms with Gasteiger partial charge in [0.05, 0.1) is 23.1 Å². The Morgan fingerprint density at radius 1 is 1.30 bits per heavy atom. The average Bonchev–Trinajstić information content (AvgIpc) is 2.41. The van der Waals surface area contributed by atoms with Crippen LogP contribution in [0.3, 0.4) is 0 Å². The lowest BCUT2D eigenvalue weighted by Gasteiger charge is -2.43. The molecule has 0 saturated carbocycles. The van der Waals surface area contributed by atoms with E-state index in [0.29, 0.717) is 18.0 Å². The quantitative estimate of drug-likeness (QED) is 0.861. The standard InChI is InChI=1S/C15H23NO3S/c1-5-13-6-8-14(9-7-13)20(17,18)16-10-12(2)19-11-15(16,3)4/h6-9,12H,5,10-11H2,1-4H3. The molecule has 1 aromatic rings. The SMILES string of the molecule is CCc1ccc(S(=O)(=O)N2CC(C)OCC2(C)C)cc1. The maximum Gasteiger partial charge on any atom is 0.243 e. The predicted octanol–water partition coefficient (Wildman–Crippen LogP) is 2.44. The van der Waals surface area contributed by atoms with Crippen LogP contribution < -0.4 is 0 Å². The van der Waals surface area contributed by atoms with Crippen LogP contribution in [0.15, 0.2) is 29.2 Å². The lowest BCUT2D eigenvalue weighted by Crippen LogP contribution is -2.57. The Morgan fingerprint density at radius 2 is 1.90 bits per heavy atom. The largest absolute Gasteiger partial charge is 0.375 e. The number of hydrogen-bond donors (Lipinski definition) is 0. The van der Waals surface area contributed by atoms with Crippen molar-refractivity contribution in [2.45, 2.75) is 50.7 Å². The van der Waals surface area contributed by atoms with E-state index >= 15 is 0 Å². The molecule has 1 heterocycles. The van der Waals surface area contributed by atoms with Crippen molar-refractivity contribution in [3.05, 3.63) is 29.8 Å². The van der Waals surface area contributed by atoms with E-state index in [1.54, 1.807) is 16.4 Å². The van der Waals surface area contributed by atoms with Crippen LogP contribution >= 0.6 is 0 Å². The molecular formula is C15H23NO3S. The normalized spacial score (nSPS) is 23.7.